The average molecular weight is 569 g/mol. The molecule has 0 aromatic heterocycles. The van der Waals surface area contributed by atoms with E-state index in [0.717, 1.165) is 43.7 Å². The second kappa shape index (κ2) is 14.3. The Kier molecular flexibility index (Phi) is 11.8. The summed E-state index contributed by atoms with van der Waals surface area (Å²) < 4.78 is 16.9. The molecule has 1 saturated heterocycles. The van der Waals surface area contributed by atoms with E-state index in [2.05, 4.69) is 51.7 Å². The maximum absolute atomic E-state index is 5.97. The molecule has 0 amide bonds. The number of hydrogen-bond acceptors (Lipinski definition) is 5. The van der Waals surface area contributed by atoms with Gasteiger partial charge in [0.2, 0.25) is 0 Å². The molecule has 0 radical (unpaired) electrons. The van der Waals surface area contributed by atoms with Crippen molar-refractivity contribution >= 4 is 29.9 Å². The third kappa shape index (κ3) is 9.38. The zero-order valence-electron chi connectivity index (χ0n) is 20.0. The van der Waals surface area contributed by atoms with Crippen molar-refractivity contribution in [2.45, 2.75) is 39.1 Å². The lowest BCUT2D eigenvalue weighted by Gasteiger charge is -2.31. The highest BCUT2D eigenvalue weighted by Gasteiger charge is 2.16. The lowest BCUT2D eigenvalue weighted by Crippen LogP contribution is -2.41. The molecule has 1 heterocycles. The molecule has 0 spiro atoms. The van der Waals surface area contributed by atoms with Crippen molar-refractivity contribution in [1.29, 1.82) is 0 Å². The van der Waals surface area contributed by atoms with Crippen LogP contribution in [0.2, 0.25) is 0 Å². The fraction of sp³-hybridized carbons (Fsp3) is 0.480. The van der Waals surface area contributed by atoms with Crippen molar-refractivity contribution in [3.63, 3.8) is 0 Å². The molecule has 1 fully saturated rings. The van der Waals surface area contributed by atoms with E-state index >= 15 is 0 Å². The largest absolute Gasteiger partial charge is 0.497 e. The SMILES string of the molecule is CN=C(NCc1cccc(CN2CCOC(C)C2)c1)NCC(C)Oc1cccc(OC)c1.I. The first-order valence-electron chi connectivity index (χ1n) is 11.2. The molecule has 2 aromatic carbocycles. The van der Waals surface area contributed by atoms with Gasteiger partial charge in [0.15, 0.2) is 5.96 Å². The van der Waals surface area contributed by atoms with Crippen molar-refractivity contribution in [3.05, 3.63) is 59.7 Å². The normalized spacial score (nSPS) is 17.6. The molecule has 1 aliphatic heterocycles. The lowest BCUT2D eigenvalue weighted by atomic mass is 10.1. The van der Waals surface area contributed by atoms with Crippen LogP contribution in [0.1, 0.15) is 25.0 Å². The van der Waals surface area contributed by atoms with Crippen molar-refractivity contribution in [3.8, 4) is 11.5 Å². The van der Waals surface area contributed by atoms with Crippen molar-refractivity contribution < 1.29 is 14.2 Å². The number of nitrogens with one attached hydrogen (secondary N) is 2. The Labute approximate surface area is 214 Å². The molecule has 0 aliphatic carbocycles. The van der Waals surface area contributed by atoms with Crippen LogP contribution in [-0.2, 0) is 17.8 Å². The predicted molar refractivity (Wildman–Crippen MR) is 144 cm³/mol. The third-order valence-corrected chi connectivity index (χ3v) is 5.34. The number of halogens is 1. The minimum absolute atomic E-state index is 0. The van der Waals surface area contributed by atoms with E-state index in [0.29, 0.717) is 19.2 Å². The van der Waals surface area contributed by atoms with Gasteiger partial charge in [0.05, 0.1) is 26.4 Å². The zero-order valence-corrected chi connectivity index (χ0v) is 22.4. The Hall–Kier alpha value is -2.04. The van der Waals surface area contributed by atoms with Gasteiger partial charge in [0.1, 0.15) is 17.6 Å². The van der Waals surface area contributed by atoms with E-state index in [1.807, 2.05) is 31.2 Å². The van der Waals surface area contributed by atoms with E-state index in [9.17, 15) is 0 Å². The number of benzene rings is 2. The summed E-state index contributed by atoms with van der Waals surface area (Å²) in [6.45, 7) is 9.22. The Balaban J connectivity index is 0.00000385. The number of rotatable bonds is 9. The summed E-state index contributed by atoms with van der Waals surface area (Å²) in [6, 6.07) is 16.3. The van der Waals surface area contributed by atoms with Gasteiger partial charge >= 0.3 is 0 Å². The number of aliphatic imine (C=N–C) groups is 1. The Bertz CT molecular complexity index is 880. The van der Waals surface area contributed by atoms with Gasteiger partial charge in [0, 0.05) is 39.3 Å². The summed E-state index contributed by atoms with van der Waals surface area (Å²) in [4.78, 5) is 6.78. The molecule has 2 aromatic rings. The minimum Gasteiger partial charge on any atom is -0.497 e. The summed E-state index contributed by atoms with van der Waals surface area (Å²) in [5.41, 5.74) is 2.55. The molecule has 8 heteroatoms. The molecule has 2 N–H and O–H groups in total. The molecular weight excluding hydrogens is 531 g/mol. The van der Waals surface area contributed by atoms with Crippen LogP contribution >= 0.6 is 24.0 Å². The summed E-state index contributed by atoms with van der Waals surface area (Å²) in [5.74, 6) is 2.32. The molecule has 0 bridgehead atoms. The maximum atomic E-state index is 5.97. The predicted octanol–water partition coefficient (Wildman–Crippen LogP) is 3.67. The van der Waals surface area contributed by atoms with Crippen LogP contribution in [0.15, 0.2) is 53.5 Å². The van der Waals surface area contributed by atoms with E-state index in [4.69, 9.17) is 14.2 Å². The average Bonchev–Trinajstić information content (AvgIpc) is 2.79. The number of ether oxygens (including phenoxy) is 3. The van der Waals surface area contributed by atoms with Gasteiger partial charge in [-0.15, -0.1) is 24.0 Å². The Morgan fingerprint density at radius 2 is 1.91 bits per heavy atom. The lowest BCUT2D eigenvalue weighted by molar-refractivity contribution is -0.0212. The van der Waals surface area contributed by atoms with Crippen molar-refractivity contribution in [2.75, 3.05) is 40.4 Å². The summed E-state index contributed by atoms with van der Waals surface area (Å²) >= 11 is 0. The van der Waals surface area contributed by atoms with E-state index in [1.54, 1.807) is 14.2 Å². The second-order valence-corrected chi connectivity index (χ2v) is 8.15. The van der Waals surface area contributed by atoms with Crippen molar-refractivity contribution in [1.82, 2.24) is 15.5 Å². The molecule has 3 rings (SSSR count). The monoisotopic (exact) mass is 568 g/mol. The summed E-state index contributed by atoms with van der Waals surface area (Å²) in [7, 11) is 3.43. The van der Waals surface area contributed by atoms with Crippen LogP contribution in [0.25, 0.3) is 0 Å². The Morgan fingerprint density at radius 3 is 2.67 bits per heavy atom. The third-order valence-electron chi connectivity index (χ3n) is 5.34. The first-order valence-corrected chi connectivity index (χ1v) is 11.2. The summed E-state index contributed by atoms with van der Waals surface area (Å²) in [6.07, 6.45) is 0.276. The van der Waals surface area contributed by atoms with Gasteiger partial charge < -0.3 is 24.8 Å². The molecule has 0 saturated carbocycles. The van der Waals surface area contributed by atoms with Crippen LogP contribution in [0.3, 0.4) is 0 Å². The van der Waals surface area contributed by atoms with E-state index in [1.165, 1.54) is 11.1 Å². The zero-order chi connectivity index (χ0) is 22.8. The van der Waals surface area contributed by atoms with Crippen LogP contribution in [0, 0.1) is 0 Å². The standard InChI is InChI=1S/C25H36N4O3.HI/c1-19(32-24-10-6-9-23(14-24)30-4)15-27-25(26-3)28-16-21-7-5-8-22(13-21)18-29-11-12-31-20(2)17-29;/h5-10,13-14,19-20H,11-12,15-18H2,1-4H3,(H2,26,27,28);1H. The fourth-order valence-corrected chi connectivity index (χ4v) is 3.73. The number of morpholine rings is 1. The maximum Gasteiger partial charge on any atom is 0.191 e. The van der Waals surface area contributed by atoms with E-state index < -0.39 is 0 Å². The van der Waals surface area contributed by atoms with Crippen molar-refractivity contribution in [2.24, 2.45) is 4.99 Å². The Morgan fingerprint density at radius 1 is 1.15 bits per heavy atom. The topological polar surface area (TPSA) is 67.4 Å². The van der Waals surface area contributed by atoms with Gasteiger partial charge in [-0.2, -0.15) is 0 Å². The smallest absolute Gasteiger partial charge is 0.191 e. The number of guanidine groups is 1. The van der Waals surface area contributed by atoms with Crippen LogP contribution in [0.4, 0.5) is 0 Å². The van der Waals surface area contributed by atoms with Gasteiger partial charge in [-0.25, -0.2) is 0 Å². The van der Waals surface area contributed by atoms with Crippen LogP contribution in [-0.4, -0.2) is 63.5 Å². The molecule has 2 atom stereocenters. The number of hydrogen-bond donors (Lipinski definition) is 2. The van der Waals surface area contributed by atoms with Gasteiger partial charge in [-0.05, 0) is 37.1 Å². The van der Waals surface area contributed by atoms with Gasteiger partial charge in [-0.1, -0.05) is 30.3 Å². The molecule has 2 unspecified atom stereocenters. The van der Waals surface area contributed by atoms with Crippen LogP contribution in [0.5, 0.6) is 11.5 Å². The van der Waals surface area contributed by atoms with Crippen LogP contribution < -0.4 is 20.1 Å². The summed E-state index contributed by atoms with van der Waals surface area (Å²) in [5, 5.41) is 6.72. The number of nitrogens with zero attached hydrogens (tertiary/aromatic N) is 2. The van der Waals surface area contributed by atoms with Gasteiger partial charge in [0.25, 0.3) is 0 Å². The van der Waals surface area contributed by atoms with E-state index in [-0.39, 0.29) is 30.1 Å². The highest BCUT2D eigenvalue weighted by molar-refractivity contribution is 14.0. The highest BCUT2D eigenvalue weighted by Crippen LogP contribution is 2.19. The highest BCUT2D eigenvalue weighted by atomic mass is 127. The first kappa shape index (κ1) is 27.2. The molecule has 182 valence electrons. The fourth-order valence-electron chi connectivity index (χ4n) is 3.73. The molecule has 7 nitrogen and oxygen atoms in total. The minimum atomic E-state index is -0.0279. The van der Waals surface area contributed by atoms with Gasteiger partial charge in [-0.3, -0.25) is 9.89 Å². The number of methoxy groups -OCH3 is 1. The quantitative estimate of drug-likeness (QED) is 0.274. The second-order valence-electron chi connectivity index (χ2n) is 8.15. The molecule has 33 heavy (non-hydrogen) atoms. The molecule has 1 aliphatic rings. The first-order chi connectivity index (χ1) is 15.6. The molecular formula is C25H37IN4O3.